The molecule has 5 heteroatoms. The number of halogens is 3. The number of hydrogen-bond donors (Lipinski definition) is 0. The summed E-state index contributed by atoms with van der Waals surface area (Å²) < 4.78 is 20.0. The van der Waals surface area contributed by atoms with Crippen molar-refractivity contribution in [3.63, 3.8) is 0 Å². The summed E-state index contributed by atoms with van der Waals surface area (Å²) in [5.74, 6) is -1.10. The van der Waals surface area contributed by atoms with Gasteiger partial charge >= 0.3 is 0 Å². The van der Waals surface area contributed by atoms with Crippen LogP contribution >= 0.6 is 27.5 Å². The lowest BCUT2D eigenvalue weighted by atomic mass is 9.84. The third-order valence-corrected chi connectivity index (χ3v) is 3.92. The molecule has 1 unspecified atom stereocenters. The van der Waals surface area contributed by atoms with Crippen LogP contribution in [0.2, 0.25) is 5.02 Å². The van der Waals surface area contributed by atoms with Gasteiger partial charge in [0.05, 0.1) is 10.6 Å². The fourth-order valence-corrected chi connectivity index (χ4v) is 2.21. The SMILES string of the molecule is CCOC(C(=O)c1ccc(Br)c(Cl)c1F)C(C)(C)C. The molecule has 0 saturated carbocycles. The molecule has 0 saturated heterocycles. The van der Waals surface area contributed by atoms with Gasteiger partial charge in [0.2, 0.25) is 0 Å². The maximum absolute atomic E-state index is 14.1. The Balaban J connectivity index is 3.21. The molecule has 1 rings (SSSR count). The number of carbonyl (C=O) groups excluding carboxylic acids is 1. The molecule has 19 heavy (non-hydrogen) atoms. The van der Waals surface area contributed by atoms with Gasteiger partial charge in [-0.05, 0) is 40.4 Å². The summed E-state index contributed by atoms with van der Waals surface area (Å²) in [7, 11) is 0. The lowest BCUT2D eigenvalue weighted by Gasteiger charge is -2.29. The maximum atomic E-state index is 14.1. The third kappa shape index (κ3) is 3.77. The molecule has 106 valence electrons. The second-order valence-electron chi connectivity index (χ2n) is 5.29. The number of Topliss-reactive ketones (excluding diaryl/α,β-unsaturated/α-hetero) is 1. The standard InChI is InChI=1S/C14H17BrClFO2/c1-5-19-13(14(2,3)4)12(18)8-6-7-9(15)10(16)11(8)17/h6-7,13H,5H2,1-4H3. The van der Waals surface area contributed by atoms with Crippen LogP contribution in [0.1, 0.15) is 38.1 Å². The van der Waals surface area contributed by atoms with Crippen molar-refractivity contribution in [1.29, 1.82) is 0 Å². The molecule has 0 spiro atoms. The Morgan fingerprint density at radius 2 is 2.05 bits per heavy atom. The van der Waals surface area contributed by atoms with Gasteiger partial charge in [0.1, 0.15) is 6.10 Å². The summed E-state index contributed by atoms with van der Waals surface area (Å²) in [5.41, 5.74) is -0.458. The van der Waals surface area contributed by atoms with E-state index >= 15 is 0 Å². The molecule has 0 aliphatic heterocycles. The zero-order chi connectivity index (χ0) is 14.8. The highest BCUT2D eigenvalue weighted by Gasteiger charge is 2.34. The van der Waals surface area contributed by atoms with Crippen LogP contribution in [-0.4, -0.2) is 18.5 Å². The van der Waals surface area contributed by atoms with Crippen LogP contribution in [0.4, 0.5) is 4.39 Å². The summed E-state index contributed by atoms with van der Waals surface area (Å²) in [6, 6.07) is 2.98. The van der Waals surface area contributed by atoms with Crippen LogP contribution in [0.25, 0.3) is 0 Å². The van der Waals surface area contributed by atoms with E-state index in [9.17, 15) is 9.18 Å². The fraction of sp³-hybridized carbons (Fsp3) is 0.500. The molecular weight excluding hydrogens is 335 g/mol. The Hall–Kier alpha value is -0.450. The molecule has 0 fully saturated rings. The summed E-state index contributed by atoms with van der Waals surface area (Å²) in [6.45, 7) is 7.83. The minimum atomic E-state index is -0.713. The zero-order valence-electron chi connectivity index (χ0n) is 11.4. The van der Waals surface area contributed by atoms with E-state index in [0.717, 1.165) is 0 Å². The van der Waals surface area contributed by atoms with E-state index in [4.69, 9.17) is 16.3 Å². The van der Waals surface area contributed by atoms with Crippen LogP contribution in [0.5, 0.6) is 0 Å². The molecular formula is C14H17BrClFO2. The average Bonchev–Trinajstić information content (AvgIpc) is 2.31. The topological polar surface area (TPSA) is 26.3 Å². The first-order chi connectivity index (χ1) is 8.70. The second kappa shape index (κ2) is 6.33. The molecule has 0 amide bonds. The Kier molecular flexibility index (Phi) is 5.53. The van der Waals surface area contributed by atoms with Crippen molar-refractivity contribution < 1.29 is 13.9 Å². The lowest BCUT2D eigenvalue weighted by Crippen LogP contribution is -2.37. The Bertz CT molecular complexity index is 483. The highest BCUT2D eigenvalue weighted by molar-refractivity contribution is 9.10. The molecule has 1 atom stereocenters. The second-order valence-corrected chi connectivity index (χ2v) is 6.52. The number of rotatable bonds is 4. The van der Waals surface area contributed by atoms with E-state index in [1.54, 1.807) is 13.0 Å². The summed E-state index contributed by atoms with van der Waals surface area (Å²) in [5, 5.41) is -0.0880. The number of ketones is 1. The lowest BCUT2D eigenvalue weighted by molar-refractivity contribution is -0.000482. The molecule has 0 bridgehead atoms. The van der Waals surface area contributed by atoms with E-state index in [1.165, 1.54) is 6.07 Å². The number of benzene rings is 1. The van der Waals surface area contributed by atoms with Gasteiger partial charge in [-0.1, -0.05) is 32.4 Å². The predicted octanol–water partition coefficient (Wildman–Crippen LogP) is 4.88. The number of carbonyl (C=O) groups is 1. The van der Waals surface area contributed by atoms with Crippen LogP contribution < -0.4 is 0 Å². The number of ether oxygens (including phenoxy) is 1. The van der Waals surface area contributed by atoms with E-state index in [2.05, 4.69) is 15.9 Å². The van der Waals surface area contributed by atoms with Gasteiger partial charge in [0.25, 0.3) is 0 Å². The molecule has 0 heterocycles. The van der Waals surface area contributed by atoms with E-state index in [0.29, 0.717) is 11.1 Å². The van der Waals surface area contributed by atoms with Gasteiger partial charge in [-0.25, -0.2) is 4.39 Å². The Morgan fingerprint density at radius 3 is 2.53 bits per heavy atom. The monoisotopic (exact) mass is 350 g/mol. The van der Waals surface area contributed by atoms with Crippen molar-refractivity contribution >= 4 is 33.3 Å². The molecule has 1 aromatic carbocycles. The van der Waals surface area contributed by atoms with E-state index in [-0.39, 0.29) is 16.4 Å². The molecule has 1 aromatic rings. The summed E-state index contributed by atoms with van der Waals surface area (Å²) in [6.07, 6.45) is -0.704. The highest BCUT2D eigenvalue weighted by atomic mass is 79.9. The van der Waals surface area contributed by atoms with Gasteiger partial charge in [0.15, 0.2) is 11.6 Å². The minimum Gasteiger partial charge on any atom is -0.370 e. The van der Waals surface area contributed by atoms with Crippen molar-refractivity contribution in [2.45, 2.75) is 33.8 Å². The fourth-order valence-electron chi connectivity index (χ4n) is 1.74. The first kappa shape index (κ1) is 16.6. The van der Waals surface area contributed by atoms with Crippen LogP contribution in [0.15, 0.2) is 16.6 Å². The number of hydrogen-bond acceptors (Lipinski definition) is 2. The first-order valence-electron chi connectivity index (χ1n) is 5.99. The van der Waals surface area contributed by atoms with Gasteiger partial charge < -0.3 is 4.74 Å². The maximum Gasteiger partial charge on any atom is 0.195 e. The van der Waals surface area contributed by atoms with Crippen molar-refractivity contribution in [2.24, 2.45) is 5.41 Å². The third-order valence-electron chi connectivity index (χ3n) is 2.66. The Morgan fingerprint density at radius 1 is 1.47 bits per heavy atom. The van der Waals surface area contributed by atoms with Crippen LogP contribution in [-0.2, 0) is 4.74 Å². The first-order valence-corrected chi connectivity index (χ1v) is 7.16. The quantitative estimate of drug-likeness (QED) is 0.571. The van der Waals surface area contributed by atoms with Crippen molar-refractivity contribution in [2.75, 3.05) is 6.61 Å². The minimum absolute atomic E-state index is 0.0402. The molecule has 2 nitrogen and oxygen atoms in total. The highest BCUT2D eigenvalue weighted by Crippen LogP contribution is 2.31. The smallest absolute Gasteiger partial charge is 0.195 e. The summed E-state index contributed by atoms with van der Waals surface area (Å²) in [4.78, 5) is 12.4. The predicted molar refractivity (Wildman–Crippen MR) is 78.3 cm³/mol. The van der Waals surface area contributed by atoms with Crippen molar-refractivity contribution in [3.8, 4) is 0 Å². The van der Waals surface area contributed by atoms with Gasteiger partial charge in [0, 0.05) is 11.1 Å². The van der Waals surface area contributed by atoms with Crippen molar-refractivity contribution in [1.82, 2.24) is 0 Å². The van der Waals surface area contributed by atoms with Gasteiger partial charge in [-0.3, -0.25) is 4.79 Å². The molecule has 0 N–H and O–H groups in total. The van der Waals surface area contributed by atoms with Crippen LogP contribution in [0.3, 0.4) is 0 Å². The molecule has 0 aliphatic rings. The largest absolute Gasteiger partial charge is 0.370 e. The normalized spacial score (nSPS) is 13.4. The molecule has 0 aromatic heterocycles. The molecule has 0 radical (unpaired) electrons. The van der Waals surface area contributed by atoms with E-state index in [1.807, 2.05) is 20.8 Å². The summed E-state index contributed by atoms with van der Waals surface area (Å²) >= 11 is 8.93. The average molecular weight is 352 g/mol. The van der Waals surface area contributed by atoms with Gasteiger partial charge in [-0.15, -0.1) is 0 Å². The zero-order valence-corrected chi connectivity index (χ0v) is 13.7. The van der Waals surface area contributed by atoms with Crippen LogP contribution in [0, 0.1) is 11.2 Å². The van der Waals surface area contributed by atoms with Gasteiger partial charge in [-0.2, -0.15) is 0 Å². The van der Waals surface area contributed by atoms with E-state index < -0.39 is 17.3 Å². The van der Waals surface area contributed by atoms with Crippen molar-refractivity contribution in [3.05, 3.63) is 33.0 Å². The Labute approximate surface area is 126 Å². The molecule has 0 aliphatic carbocycles.